The highest BCUT2D eigenvalue weighted by Crippen LogP contribution is 2.55. The second-order valence-electron chi connectivity index (χ2n) is 5.23. The van der Waals surface area contributed by atoms with Crippen LogP contribution in [0.15, 0.2) is 33.6 Å². The molecule has 0 spiro atoms. The number of carbonyl (C=O) groups is 1. The predicted octanol–water partition coefficient (Wildman–Crippen LogP) is 2.86. The second kappa shape index (κ2) is 8.30. The highest BCUT2D eigenvalue weighted by atomic mass is 32.3. The summed E-state index contributed by atoms with van der Waals surface area (Å²) >= 11 is 0. The number of hydrogen-bond acceptors (Lipinski definition) is 6. The molecule has 1 heterocycles. The van der Waals surface area contributed by atoms with Crippen LogP contribution in [0.3, 0.4) is 0 Å². The molecule has 1 aromatic carbocycles. The molecular formula is C15H23N3O4S. The fourth-order valence-corrected chi connectivity index (χ4v) is 3.46. The first-order chi connectivity index (χ1) is 11.0. The lowest BCUT2D eigenvalue weighted by atomic mass is 10.2. The number of hydrogen-bond donors (Lipinski definition) is 4. The van der Waals surface area contributed by atoms with Crippen molar-refractivity contribution < 1.29 is 18.6 Å². The summed E-state index contributed by atoms with van der Waals surface area (Å²) in [7, 11) is -1.52. The summed E-state index contributed by atoms with van der Waals surface area (Å²) in [5.74, 6) is 0.473. The van der Waals surface area contributed by atoms with E-state index in [1.807, 2.05) is 6.07 Å². The summed E-state index contributed by atoms with van der Waals surface area (Å²) in [6.45, 7) is 1.22. The van der Waals surface area contributed by atoms with E-state index >= 15 is 0 Å². The Bertz CT molecular complexity index is 578. The molecule has 2 rings (SSSR count). The number of anilines is 1. The Morgan fingerprint density at radius 2 is 2.13 bits per heavy atom. The first-order valence-corrected chi connectivity index (χ1v) is 9.02. The minimum Gasteiger partial charge on any atom is -0.385 e. The van der Waals surface area contributed by atoms with E-state index in [0.29, 0.717) is 48.8 Å². The number of amides is 1. The summed E-state index contributed by atoms with van der Waals surface area (Å²) < 4.78 is 29.1. The van der Waals surface area contributed by atoms with E-state index in [-0.39, 0.29) is 5.91 Å². The van der Waals surface area contributed by atoms with Gasteiger partial charge in [-0.2, -0.15) is 0 Å². The van der Waals surface area contributed by atoms with Gasteiger partial charge >= 0.3 is 0 Å². The predicted molar refractivity (Wildman–Crippen MR) is 92.0 cm³/mol. The molecule has 128 valence electrons. The lowest BCUT2D eigenvalue weighted by molar-refractivity contribution is -0.121. The minimum absolute atomic E-state index is 0.0236. The van der Waals surface area contributed by atoms with Crippen LogP contribution in [0.1, 0.15) is 25.7 Å². The molecule has 0 fully saturated rings. The monoisotopic (exact) mass is 341 g/mol. The van der Waals surface area contributed by atoms with E-state index in [1.54, 1.807) is 25.3 Å². The van der Waals surface area contributed by atoms with Gasteiger partial charge in [-0.15, -0.1) is 4.40 Å². The number of amidine groups is 1. The van der Waals surface area contributed by atoms with Gasteiger partial charge in [0.1, 0.15) is 10.7 Å². The van der Waals surface area contributed by atoms with Crippen molar-refractivity contribution in [1.82, 2.24) is 5.32 Å². The van der Waals surface area contributed by atoms with Gasteiger partial charge in [0, 0.05) is 33.1 Å². The topological polar surface area (TPSA) is 103 Å². The zero-order valence-electron chi connectivity index (χ0n) is 13.1. The Morgan fingerprint density at radius 1 is 1.35 bits per heavy atom. The molecule has 0 bridgehead atoms. The van der Waals surface area contributed by atoms with Crippen molar-refractivity contribution in [2.24, 2.45) is 4.40 Å². The van der Waals surface area contributed by atoms with Gasteiger partial charge in [-0.25, -0.2) is 0 Å². The van der Waals surface area contributed by atoms with Gasteiger partial charge in [0.2, 0.25) is 5.91 Å². The van der Waals surface area contributed by atoms with Crippen LogP contribution in [-0.4, -0.2) is 41.1 Å². The Balaban J connectivity index is 1.79. The number of para-hydroxylation sites is 1. The molecule has 0 saturated carbocycles. The van der Waals surface area contributed by atoms with E-state index in [9.17, 15) is 13.9 Å². The SMILES string of the molecule is COCCCNC(=O)CCCC1=NS(O)(O)c2ccccc2N1. The molecule has 7 nitrogen and oxygen atoms in total. The summed E-state index contributed by atoms with van der Waals surface area (Å²) in [5, 5.41) is 5.90. The molecule has 0 aromatic heterocycles. The first-order valence-electron chi connectivity index (χ1n) is 7.51. The standard InChI is InChI=1S/C15H23N3O4S/c1-22-11-5-10-16-15(19)9-4-8-14-17-12-6-2-3-7-13(12)23(20,21)18-14/h2-3,6-7,20-21H,4-5,8-11H2,1H3,(H,16,19)(H,17,18). The van der Waals surface area contributed by atoms with Crippen molar-refractivity contribution in [2.45, 2.75) is 30.6 Å². The molecule has 1 aromatic rings. The van der Waals surface area contributed by atoms with Gasteiger partial charge in [-0.1, -0.05) is 22.9 Å². The maximum Gasteiger partial charge on any atom is 0.220 e. The highest BCUT2D eigenvalue weighted by molar-refractivity contribution is 8.23. The third-order valence-corrected chi connectivity index (χ3v) is 4.78. The maximum atomic E-state index is 11.7. The Kier molecular flexibility index (Phi) is 6.40. The maximum absolute atomic E-state index is 11.7. The number of methoxy groups -OCH3 is 1. The van der Waals surface area contributed by atoms with E-state index in [4.69, 9.17) is 4.74 Å². The highest BCUT2D eigenvalue weighted by Gasteiger charge is 2.24. The van der Waals surface area contributed by atoms with Crippen molar-refractivity contribution in [3.8, 4) is 0 Å². The number of benzene rings is 1. The third kappa shape index (κ3) is 5.21. The van der Waals surface area contributed by atoms with Gasteiger partial charge in [0.05, 0.1) is 5.69 Å². The van der Waals surface area contributed by atoms with E-state index < -0.39 is 10.8 Å². The molecule has 1 amide bonds. The van der Waals surface area contributed by atoms with E-state index in [2.05, 4.69) is 15.0 Å². The van der Waals surface area contributed by atoms with E-state index in [0.717, 1.165) is 6.42 Å². The van der Waals surface area contributed by atoms with Crippen LogP contribution in [0.2, 0.25) is 0 Å². The van der Waals surface area contributed by atoms with Gasteiger partial charge in [0.15, 0.2) is 0 Å². The number of nitrogens with one attached hydrogen (secondary N) is 2. The molecule has 0 unspecified atom stereocenters. The lowest BCUT2D eigenvalue weighted by Gasteiger charge is -2.34. The molecule has 1 aliphatic rings. The number of fused-ring (bicyclic) bond motifs is 1. The molecule has 1 aliphatic heterocycles. The van der Waals surface area contributed by atoms with Crippen molar-refractivity contribution >= 4 is 28.2 Å². The zero-order chi connectivity index (χ0) is 16.7. The Labute approximate surface area is 137 Å². The smallest absolute Gasteiger partial charge is 0.220 e. The molecule has 0 aliphatic carbocycles. The number of ether oxygens (including phenoxy) is 1. The van der Waals surface area contributed by atoms with E-state index in [1.165, 1.54) is 0 Å². The summed E-state index contributed by atoms with van der Waals surface area (Å²) in [5.41, 5.74) is 0.654. The van der Waals surface area contributed by atoms with Crippen LogP contribution >= 0.6 is 10.8 Å². The average Bonchev–Trinajstić information content (AvgIpc) is 2.51. The quantitative estimate of drug-likeness (QED) is 0.544. The Hall–Kier alpha value is -1.61. The fraction of sp³-hybridized carbons (Fsp3) is 0.467. The average molecular weight is 341 g/mol. The third-order valence-electron chi connectivity index (χ3n) is 3.36. The molecule has 0 radical (unpaired) electrons. The molecule has 8 heteroatoms. The van der Waals surface area contributed by atoms with Gasteiger partial charge < -0.3 is 15.4 Å². The molecule has 4 N–H and O–H groups in total. The van der Waals surface area contributed by atoms with Crippen molar-refractivity contribution in [3.05, 3.63) is 24.3 Å². The summed E-state index contributed by atoms with van der Waals surface area (Å²) in [6, 6.07) is 6.98. The molecule has 0 saturated heterocycles. The normalized spacial score (nSPS) is 16.7. The van der Waals surface area contributed by atoms with Crippen molar-refractivity contribution in [1.29, 1.82) is 0 Å². The first kappa shape index (κ1) is 17.7. The number of carbonyl (C=O) groups excluding carboxylic acids is 1. The lowest BCUT2D eigenvalue weighted by Crippen LogP contribution is -2.25. The van der Waals surface area contributed by atoms with Crippen LogP contribution in [0.4, 0.5) is 5.69 Å². The number of rotatable bonds is 8. The van der Waals surface area contributed by atoms with Crippen molar-refractivity contribution in [3.63, 3.8) is 0 Å². The number of nitrogens with zero attached hydrogens (tertiary/aromatic N) is 1. The van der Waals surface area contributed by atoms with Crippen molar-refractivity contribution in [2.75, 3.05) is 25.6 Å². The van der Waals surface area contributed by atoms with Crippen LogP contribution < -0.4 is 10.6 Å². The van der Waals surface area contributed by atoms with Crippen LogP contribution in [0.5, 0.6) is 0 Å². The summed E-state index contributed by atoms with van der Waals surface area (Å²) in [6.07, 6.45) is 2.22. The fourth-order valence-electron chi connectivity index (χ4n) is 2.25. The van der Waals surface area contributed by atoms with Gasteiger partial charge in [0.25, 0.3) is 0 Å². The minimum atomic E-state index is -3.15. The molecule has 23 heavy (non-hydrogen) atoms. The van der Waals surface area contributed by atoms with Gasteiger partial charge in [-0.3, -0.25) is 13.9 Å². The Morgan fingerprint density at radius 3 is 2.91 bits per heavy atom. The largest absolute Gasteiger partial charge is 0.385 e. The molecule has 0 atom stereocenters. The van der Waals surface area contributed by atoms with Crippen LogP contribution in [0.25, 0.3) is 0 Å². The van der Waals surface area contributed by atoms with Gasteiger partial charge in [-0.05, 0) is 25.0 Å². The molecular weight excluding hydrogens is 318 g/mol. The zero-order valence-corrected chi connectivity index (χ0v) is 13.9. The second-order valence-corrected chi connectivity index (χ2v) is 6.89. The summed E-state index contributed by atoms with van der Waals surface area (Å²) in [4.78, 5) is 12.1. The van der Waals surface area contributed by atoms with Crippen LogP contribution in [-0.2, 0) is 9.53 Å². The van der Waals surface area contributed by atoms with Crippen LogP contribution in [0, 0.1) is 0 Å².